The summed E-state index contributed by atoms with van der Waals surface area (Å²) in [5.41, 5.74) is 0.225. The molecule has 3 rings (SSSR count). The normalized spacial score (nSPS) is 14.9. The zero-order chi connectivity index (χ0) is 15.0. The lowest BCUT2D eigenvalue weighted by atomic mass is 10.3. The number of nitrogens with zero attached hydrogens (tertiary/aromatic N) is 2. The Labute approximate surface area is 121 Å². The van der Waals surface area contributed by atoms with Gasteiger partial charge in [-0.1, -0.05) is 12.1 Å². The number of rotatable bonds is 4. The smallest absolute Gasteiger partial charge is 0.295 e. The predicted octanol–water partition coefficient (Wildman–Crippen LogP) is 1.34. The van der Waals surface area contributed by atoms with E-state index in [-0.39, 0.29) is 16.4 Å². The van der Waals surface area contributed by atoms with Gasteiger partial charge in [0.1, 0.15) is 5.82 Å². The van der Waals surface area contributed by atoms with Crippen molar-refractivity contribution in [3.8, 4) is 0 Å². The van der Waals surface area contributed by atoms with Gasteiger partial charge in [-0.25, -0.2) is 13.4 Å². The minimum atomic E-state index is -3.42. The first-order valence-electron chi connectivity index (χ1n) is 6.48. The van der Waals surface area contributed by atoms with Gasteiger partial charge in [0, 0.05) is 12.2 Å². The van der Waals surface area contributed by atoms with Gasteiger partial charge in [-0.05, 0) is 25.0 Å². The molecule has 0 aliphatic heterocycles. The highest BCUT2D eigenvalue weighted by Gasteiger charge is 2.28. The van der Waals surface area contributed by atoms with Gasteiger partial charge < -0.3 is 5.32 Å². The van der Waals surface area contributed by atoms with Crippen molar-refractivity contribution in [3.63, 3.8) is 0 Å². The standard InChI is InChI=1S/C13H14N4O3S/c1-21(19,20)10-5-3-2-4-9(10)14-13(18)12-15-11(16-17-12)8-6-7-8/h2-5,8H,6-7H2,1H3,(H,14,18)(H,15,16,17). The molecule has 1 aromatic heterocycles. The largest absolute Gasteiger partial charge is 0.318 e. The topological polar surface area (TPSA) is 105 Å². The van der Waals surface area contributed by atoms with Crippen molar-refractivity contribution < 1.29 is 13.2 Å². The van der Waals surface area contributed by atoms with Crippen molar-refractivity contribution in [2.24, 2.45) is 0 Å². The quantitative estimate of drug-likeness (QED) is 0.886. The second kappa shape index (κ2) is 4.96. The Hall–Kier alpha value is -2.22. The van der Waals surface area contributed by atoms with Gasteiger partial charge in [0.05, 0.1) is 10.6 Å². The van der Waals surface area contributed by atoms with E-state index in [0.29, 0.717) is 11.7 Å². The van der Waals surface area contributed by atoms with Crippen molar-refractivity contribution in [1.82, 2.24) is 15.2 Å². The van der Waals surface area contributed by atoms with Crippen LogP contribution in [0.1, 0.15) is 35.2 Å². The highest BCUT2D eigenvalue weighted by Crippen LogP contribution is 2.37. The number of aromatic amines is 1. The van der Waals surface area contributed by atoms with Crippen LogP contribution in [-0.2, 0) is 9.84 Å². The zero-order valence-electron chi connectivity index (χ0n) is 11.3. The molecule has 1 aromatic carbocycles. The van der Waals surface area contributed by atoms with E-state index in [1.807, 2.05) is 0 Å². The summed E-state index contributed by atoms with van der Waals surface area (Å²) in [5.74, 6) is 0.549. The van der Waals surface area contributed by atoms with Gasteiger partial charge in [-0.3, -0.25) is 9.89 Å². The molecule has 1 heterocycles. The van der Waals surface area contributed by atoms with Crippen LogP contribution in [0.15, 0.2) is 29.2 Å². The van der Waals surface area contributed by atoms with Crippen molar-refractivity contribution in [2.75, 3.05) is 11.6 Å². The van der Waals surface area contributed by atoms with Gasteiger partial charge in [0.15, 0.2) is 9.84 Å². The summed E-state index contributed by atoms with van der Waals surface area (Å²) < 4.78 is 23.4. The molecule has 1 amide bonds. The molecule has 2 aromatic rings. The fraction of sp³-hybridized carbons (Fsp3) is 0.308. The Morgan fingerprint density at radius 3 is 2.71 bits per heavy atom. The van der Waals surface area contributed by atoms with Crippen LogP contribution >= 0.6 is 0 Å². The Kier molecular flexibility index (Phi) is 3.25. The highest BCUT2D eigenvalue weighted by molar-refractivity contribution is 7.90. The van der Waals surface area contributed by atoms with E-state index >= 15 is 0 Å². The highest BCUT2D eigenvalue weighted by atomic mass is 32.2. The number of H-pyrrole nitrogens is 1. The second-order valence-corrected chi connectivity index (χ2v) is 7.03. The number of benzene rings is 1. The van der Waals surface area contributed by atoms with Crippen LogP contribution in [-0.4, -0.2) is 35.8 Å². The molecule has 0 atom stereocenters. The van der Waals surface area contributed by atoms with Gasteiger partial charge in [-0.2, -0.15) is 0 Å². The average Bonchev–Trinajstić information content (AvgIpc) is 3.15. The first kappa shape index (κ1) is 13.7. The summed E-state index contributed by atoms with van der Waals surface area (Å²) in [7, 11) is -3.42. The first-order chi connectivity index (χ1) is 9.95. The zero-order valence-corrected chi connectivity index (χ0v) is 12.1. The average molecular weight is 306 g/mol. The van der Waals surface area contributed by atoms with E-state index in [9.17, 15) is 13.2 Å². The Morgan fingerprint density at radius 2 is 2.05 bits per heavy atom. The van der Waals surface area contributed by atoms with E-state index in [1.165, 1.54) is 12.1 Å². The first-order valence-corrected chi connectivity index (χ1v) is 8.37. The summed E-state index contributed by atoms with van der Waals surface area (Å²) in [6.07, 6.45) is 3.19. The summed E-state index contributed by atoms with van der Waals surface area (Å²) in [6.45, 7) is 0. The third kappa shape index (κ3) is 2.94. The molecule has 2 N–H and O–H groups in total. The van der Waals surface area contributed by atoms with Gasteiger partial charge in [-0.15, -0.1) is 5.10 Å². The van der Waals surface area contributed by atoms with Crippen molar-refractivity contribution in [3.05, 3.63) is 35.9 Å². The molecule has 0 radical (unpaired) electrons. The Balaban J connectivity index is 1.84. The fourth-order valence-corrected chi connectivity index (χ4v) is 2.83. The van der Waals surface area contributed by atoms with Crippen molar-refractivity contribution >= 4 is 21.4 Å². The molecule has 1 aliphatic carbocycles. The third-order valence-corrected chi connectivity index (χ3v) is 4.36. The third-order valence-electron chi connectivity index (χ3n) is 3.20. The number of hydrogen-bond acceptors (Lipinski definition) is 5. The number of nitrogens with one attached hydrogen (secondary N) is 2. The molecule has 7 nitrogen and oxygen atoms in total. The van der Waals surface area contributed by atoms with E-state index < -0.39 is 15.7 Å². The molecule has 8 heteroatoms. The number of hydrogen-bond donors (Lipinski definition) is 2. The molecule has 0 saturated heterocycles. The lowest BCUT2D eigenvalue weighted by Crippen LogP contribution is -2.16. The molecule has 21 heavy (non-hydrogen) atoms. The maximum absolute atomic E-state index is 12.1. The predicted molar refractivity (Wildman–Crippen MR) is 75.9 cm³/mol. The van der Waals surface area contributed by atoms with E-state index in [1.54, 1.807) is 12.1 Å². The molecule has 0 spiro atoms. The van der Waals surface area contributed by atoms with E-state index in [0.717, 1.165) is 19.1 Å². The summed E-state index contributed by atoms with van der Waals surface area (Å²) >= 11 is 0. The molecule has 110 valence electrons. The Bertz CT molecular complexity index is 793. The van der Waals surface area contributed by atoms with Gasteiger partial charge >= 0.3 is 0 Å². The van der Waals surface area contributed by atoms with Crippen LogP contribution in [0.5, 0.6) is 0 Å². The number of carbonyl (C=O) groups excluding carboxylic acids is 1. The van der Waals surface area contributed by atoms with Crippen LogP contribution < -0.4 is 5.32 Å². The molecule has 1 fully saturated rings. The maximum Gasteiger partial charge on any atom is 0.295 e. The fourth-order valence-electron chi connectivity index (χ4n) is 1.99. The molecule has 0 bridgehead atoms. The number of aromatic nitrogens is 3. The number of carbonyl (C=O) groups is 1. The maximum atomic E-state index is 12.1. The monoisotopic (exact) mass is 306 g/mol. The molecule has 1 saturated carbocycles. The van der Waals surface area contributed by atoms with Crippen molar-refractivity contribution in [2.45, 2.75) is 23.7 Å². The number of para-hydroxylation sites is 1. The van der Waals surface area contributed by atoms with Crippen LogP contribution in [0.2, 0.25) is 0 Å². The van der Waals surface area contributed by atoms with E-state index in [2.05, 4.69) is 20.5 Å². The van der Waals surface area contributed by atoms with Crippen LogP contribution in [0.25, 0.3) is 0 Å². The summed E-state index contributed by atoms with van der Waals surface area (Å²) in [4.78, 5) is 16.3. The minimum absolute atomic E-state index is 0.0141. The summed E-state index contributed by atoms with van der Waals surface area (Å²) in [5, 5.41) is 9.15. The number of anilines is 1. The van der Waals surface area contributed by atoms with Crippen molar-refractivity contribution in [1.29, 1.82) is 0 Å². The SMILES string of the molecule is CS(=O)(=O)c1ccccc1NC(=O)c1n[nH]c(C2CC2)n1. The van der Waals surface area contributed by atoms with Crippen LogP contribution in [0.3, 0.4) is 0 Å². The number of sulfone groups is 1. The van der Waals surface area contributed by atoms with Crippen LogP contribution in [0, 0.1) is 0 Å². The molecule has 0 unspecified atom stereocenters. The number of amides is 1. The Morgan fingerprint density at radius 1 is 1.33 bits per heavy atom. The van der Waals surface area contributed by atoms with E-state index in [4.69, 9.17) is 0 Å². The molecular formula is C13H14N4O3S. The lowest BCUT2D eigenvalue weighted by molar-refractivity contribution is 0.101. The second-order valence-electron chi connectivity index (χ2n) is 5.04. The summed E-state index contributed by atoms with van der Waals surface area (Å²) in [6, 6.07) is 6.23. The van der Waals surface area contributed by atoms with Crippen LogP contribution in [0.4, 0.5) is 5.69 Å². The molecule has 1 aliphatic rings. The lowest BCUT2D eigenvalue weighted by Gasteiger charge is -2.07. The molecular weight excluding hydrogens is 292 g/mol. The minimum Gasteiger partial charge on any atom is -0.318 e. The van der Waals surface area contributed by atoms with Gasteiger partial charge in [0.2, 0.25) is 5.82 Å². The van der Waals surface area contributed by atoms with Gasteiger partial charge in [0.25, 0.3) is 5.91 Å².